The normalized spacial score (nSPS) is 27.0. The molecule has 0 amide bonds. The summed E-state index contributed by atoms with van der Waals surface area (Å²) in [6.07, 6.45) is -10.9. The first kappa shape index (κ1) is 125. The summed E-state index contributed by atoms with van der Waals surface area (Å²) >= 11 is 0. The Bertz CT molecular complexity index is 4090. The molecular formula is C98H158F14O25. The first-order chi connectivity index (χ1) is 61.3. The van der Waals surface area contributed by atoms with E-state index in [1.807, 2.05) is 90.0 Å². The second-order valence-corrected chi connectivity index (χ2v) is 46.3. The minimum absolute atomic E-state index is 0.0307. The van der Waals surface area contributed by atoms with Crippen LogP contribution in [-0.2, 0) is 105 Å². The van der Waals surface area contributed by atoms with Crippen molar-refractivity contribution in [3.8, 4) is 0 Å². The minimum atomic E-state index is -6.06. The van der Waals surface area contributed by atoms with Crippen LogP contribution in [0.1, 0.15) is 363 Å². The van der Waals surface area contributed by atoms with Gasteiger partial charge in [-0.1, -0.05) is 83.1 Å². The molecule has 5 aliphatic carbocycles. The van der Waals surface area contributed by atoms with E-state index in [0.717, 1.165) is 51.4 Å². The molecule has 39 heteroatoms. The number of carbonyl (C=O) groups is 10. The number of cyclic esters (lactones) is 1. The monoisotopic (exact) mass is 2000 g/mol. The molecule has 3 N–H and O–H groups in total. The fourth-order valence-corrected chi connectivity index (χ4v) is 16.2. The van der Waals surface area contributed by atoms with Gasteiger partial charge in [0.25, 0.3) is 5.60 Å². The highest BCUT2D eigenvalue weighted by atomic mass is 19.4. The summed E-state index contributed by atoms with van der Waals surface area (Å²) in [5.41, 5.74) is -21.9. The van der Waals surface area contributed by atoms with Crippen LogP contribution in [0.3, 0.4) is 0 Å². The van der Waals surface area contributed by atoms with Crippen LogP contribution in [0.4, 0.5) is 61.5 Å². The number of alkyl halides is 14. The predicted molar refractivity (Wildman–Crippen MR) is 473 cm³/mol. The SMILES string of the molecule is CCC(C)(C)C(=O)OC(C)(C)C(O)(C(F)(F)F)C(F)(F)F.CCC(C)(C)C(=O)OC(CC(C)C)CC(C)(O)C(F)(F)F.CCC(C)(C)C(=O)OC1(C(C)(C)C)CCCC1.CCC(C)(C)C(=O)OC1(C)COC(OC(=O)C(C)(C)C)(C(F)(F)F)C1(F)F.CCC(C)(C)C(=O)OC12CC3CC(CC(O)(C3)C1)C2.CCC(C)(C)C(=O)OC1C2CC3C(=O)OC1C3O2.CCC(C)(C)C(=O)OC1CCOC1=O. The van der Waals surface area contributed by atoms with Gasteiger partial charge in [0.2, 0.25) is 11.7 Å². The van der Waals surface area contributed by atoms with Crippen LogP contribution in [0.15, 0.2) is 0 Å². The standard InChI is InChI=1S/C17H25F5O5.C16H26O3.C15H27F3O3.C15H28O2.C13H18O5.C12H18F6O3.C10H16O4/c1-8-13(5,6)11(24)26-14(7)9-25-16(15(14,18)19,17(20,21)22)27-10(23)12(2,3)4;1-4-14(2,3)13(17)19-16-8-11-5-12(9-16)7-15(18,6-11)10-16;1-7-13(4,5)12(19)21-11(8-10(2)3)9-14(6,20)15(16,17)18;1-7-14(5,6)12(16)17-15(13(2,3)4)10-8-9-11-15;1-4-13(2,3)12(15)18-9-7-5-6-8(16-7)10(9)17-11(6)14;1-6-8(2,3)7(19)21-9(4,5)10(20,11(13,14)15)12(16,17)18;1-4-10(2,3)9(12)14-7-5-6-13-8(7)11/h8-9H2,1-7H3;11-12,18H,4-10H2,1-3H3;10-11,20H,7-9H2,1-6H3;7-11H2,1-6H3;6-10H,4-5H2,1-3H3;20H,6H2,1-5H3;7H,4-6H2,1-3H3. The largest absolute Gasteiger partial charge is 0.463 e. The number of halogens is 14. The fraction of sp³-hybridized carbons (Fsp3) is 0.898. The van der Waals surface area contributed by atoms with E-state index in [4.69, 9.17) is 42.6 Å². The van der Waals surface area contributed by atoms with Crippen LogP contribution in [0.2, 0.25) is 0 Å². The van der Waals surface area contributed by atoms with Gasteiger partial charge in [0.15, 0.2) is 23.4 Å². The molecule has 137 heavy (non-hydrogen) atoms. The zero-order chi connectivity index (χ0) is 107. The van der Waals surface area contributed by atoms with Crippen molar-refractivity contribution in [2.75, 3.05) is 13.2 Å². The number of rotatable bonds is 27. The molecule has 0 radical (unpaired) electrons. The Balaban J connectivity index is 0.000000414. The maximum atomic E-state index is 15.0. The van der Waals surface area contributed by atoms with Crippen LogP contribution in [0, 0.1) is 72.4 Å². The zero-order valence-corrected chi connectivity index (χ0v) is 86.7. The summed E-state index contributed by atoms with van der Waals surface area (Å²) in [5, 5.41) is 29.5. The highest BCUT2D eigenvalue weighted by Gasteiger charge is 2.86. The van der Waals surface area contributed by atoms with Gasteiger partial charge in [-0.15, -0.1) is 0 Å². The van der Waals surface area contributed by atoms with Gasteiger partial charge in [0.1, 0.15) is 23.4 Å². The third-order valence-corrected chi connectivity index (χ3v) is 29.0. The van der Waals surface area contributed by atoms with E-state index in [1.54, 1.807) is 34.6 Å². The lowest BCUT2D eigenvalue weighted by Gasteiger charge is -2.59. The van der Waals surface area contributed by atoms with E-state index in [-0.39, 0.29) is 95.2 Å². The van der Waals surface area contributed by atoms with E-state index in [9.17, 15) is 116 Å². The van der Waals surface area contributed by atoms with E-state index in [0.29, 0.717) is 84.7 Å². The molecule has 10 rings (SSSR count). The van der Waals surface area contributed by atoms with Crippen LogP contribution >= 0.6 is 0 Å². The number of hydrogen-bond acceptors (Lipinski definition) is 25. The van der Waals surface area contributed by atoms with Crippen LogP contribution in [0.25, 0.3) is 0 Å². The van der Waals surface area contributed by atoms with Gasteiger partial charge >= 0.3 is 96.1 Å². The van der Waals surface area contributed by atoms with Gasteiger partial charge in [0, 0.05) is 24.7 Å². The molecule has 12 atom stereocenters. The quantitative estimate of drug-likeness (QED) is 0.0391. The molecule has 12 unspecified atom stereocenters. The number of carbonyl (C=O) groups excluding carboxylic acids is 10. The van der Waals surface area contributed by atoms with Gasteiger partial charge in [0.05, 0.1) is 74.2 Å². The highest BCUT2D eigenvalue weighted by Crippen LogP contribution is 2.61. The van der Waals surface area contributed by atoms with Crippen molar-refractivity contribution in [3.05, 3.63) is 0 Å². The highest BCUT2D eigenvalue weighted by molar-refractivity contribution is 5.83. The summed E-state index contributed by atoms with van der Waals surface area (Å²) in [6, 6.07) is 0. The Morgan fingerprint density at radius 3 is 1.28 bits per heavy atom. The molecule has 5 aliphatic heterocycles. The van der Waals surface area contributed by atoms with Gasteiger partial charge < -0.3 is 72.2 Å². The van der Waals surface area contributed by atoms with Gasteiger partial charge in [-0.05, 0) is 279 Å². The topological polar surface area (TPSA) is 342 Å². The average molecular weight is 2000 g/mol. The second kappa shape index (κ2) is 44.0. The van der Waals surface area contributed by atoms with Crippen molar-refractivity contribution in [2.24, 2.45) is 72.4 Å². The Morgan fingerprint density at radius 2 is 0.898 bits per heavy atom. The van der Waals surface area contributed by atoms with E-state index < -0.39 is 170 Å². The molecule has 0 spiro atoms. The van der Waals surface area contributed by atoms with Crippen LogP contribution in [-0.4, -0.2) is 200 Å². The summed E-state index contributed by atoms with van der Waals surface area (Å²) in [5.74, 6) is -14.2. The Kier molecular flexibility index (Phi) is 40.0. The molecule has 5 heterocycles. The Hall–Kier alpha value is -6.48. The average Bonchev–Trinajstić information content (AvgIpc) is 1.56. The van der Waals surface area contributed by atoms with Crippen molar-refractivity contribution in [1.29, 1.82) is 0 Å². The summed E-state index contributed by atoms with van der Waals surface area (Å²) < 4.78 is 247. The summed E-state index contributed by atoms with van der Waals surface area (Å²) in [4.78, 5) is 119. The number of fused-ring (bicyclic) bond motifs is 1. The molecule has 10 aliphatic rings. The second-order valence-electron chi connectivity index (χ2n) is 46.3. The van der Waals surface area contributed by atoms with E-state index >= 15 is 8.78 Å². The van der Waals surface area contributed by atoms with Crippen molar-refractivity contribution in [2.45, 2.75) is 476 Å². The maximum absolute atomic E-state index is 15.0. The first-order valence-corrected chi connectivity index (χ1v) is 47.5. The molecule has 0 aromatic rings. The van der Waals surface area contributed by atoms with Gasteiger partial charge in [-0.2, -0.15) is 61.5 Å². The molecule has 5 saturated carbocycles. The first-order valence-electron chi connectivity index (χ1n) is 47.5. The summed E-state index contributed by atoms with van der Waals surface area (Å²) in [6.45, 7) is 51.7. The van der Waals surface area contributed by atoms with Crippen molar-refractivity contribution in [3.63, 3.8) is 0 Å². The minimum Gasteiger partial charge on any atom is -0.463 e. The molecule has 5 saturated heterocycles. The maximum Gasteiger partial charge on any atom is 0.462 e. The molecule has 0 aromatic carbocycles. The molecule has 6 bridgehead atoms. The number of hydrogen-bond donors (Lipinski definition) is 3. The summed E-state index contributed by atoms with van der Waals surface area (Å²) in [7, 11) is 0. The third-order valence-electron chi connectivity index (χ3n) is 29.0. The molecule has 25 nitrogen and oxygen atoms in total. The molecule has 798 valence electrons. The molecule has 0 aromatic heterocycles. The van der Waals surface area contributed by atoms with Gasteiger partial charge in [-0.3, -0.25) is 43.2 Å². The number of aliphatic hydroxyl groups is 3. The van der Waals surface area contributed by atoms with Crippen molar-refractivity contribution >= 4 is 59.7 Å². The van der Waals surface area contributed by atoms with E-state index in [2.05, 4.69) is 35.0 Å². The van der Waals surface area contributed by atoms with E-state index in [1.165, 1.54) is 74.7 Å². The zero-order valence-electron chi connectivity index (χ0n) is 86.7. The number of esters is 10. The predicted octanol–water partition coefficient (Wildman–Crippen LogP) is 21.6. The Morgan fingerprint density at radius 1 is 0.489 bits per heavy atom. The Labute approximate surface area is 799 Å². The lowest BCUT2D eigenvalue weighted by molar-refractivity contribution is -0.411. The molecular weight excluding hydrogens is 1840 g/mol. The molecule has 10 fully saturated rings. The smallest absolute Gasteiger partial charge is 0.462 e. The number of ether oxygens (including phenoxy) is 12. The van der Waals surface area contributed by atoms with Crippen molar-refractivity contribution < 1.29 is 182 Å². The van der Waals surface area contributed by atoms with Crippen LogP contribution in [0.5, 0.6) is 0 Å². The lowest BCUT2D eigenvalue weighted by Crippen LogP contribution is -2.70. The van der Waals surface area contributed by atoms with Crippen LogP contribution < -0.4 is 0 Å². The fourth-order valence-electron chi connectivity index (χ4n) is 16.2. The lowest BCUT2D eigenvalue weighted by atomic mass is 9.52. The third kappa shape index (κ3) is 29.2. The van der Waals surface area contributed by atoms with Gasteiger partial charge in [-0.25, -0.2) is 4.79 Å². The van der Waals surface area contributed by atoms with Crippen molar-refractivity contribution in [1.82, 2.24) is 0 Å².